The molecule has 0 unspecified atom stereocenters. The average molecular weight is 610 g/mol. The zero-order valence-corrected chi connectivity index (χ0v) is 26.1. The monoisotopic (exact) mass is 609 g/mol. The van der Waals surface area contributed by atoms with Crippen LogP contribution in [-0.4, -0.2) is 25.5 Å². The third-order valence-corrected chi connectivity index (χ3v) is 7.13. The predicted octanol–water partition coefficient (Wildman–Crippen LogP) is 4.10. The Morgan fingerprint density at radius 1 is 1.02 bits per heavy atom. The standard InChI is InChI=1S/C27H23Cl2N3O6S.Na/c1-3-15-11-20(29)25(23(12-15)39(35,36)37)32-31-24-18-8-6-5-7-16(18)13-19(26(24)33)27(34)30-21-10-9-17(28)14-22(21)38-4-2;/h5-14,33H,3-4H2,1-2H3,(H,30,34)(H,35,36,37);/q;+1/p-1. The summed E-state index contributed by atoms with van der Waals surface area (Å²) in [4.78, 5) is 12.7. The van der Waals surface area contributed by atoms with Gasteiger partial charge in [0.2, 0.25) is 0 Å². The molecule has 2 N–H and O–H groups in total. The van der Waals surface area contributed by atoms with Gasteiger partial charge < -0.3 is 15.2 Å². The summed E-state index contributed by atoms with van der Waals surface area (Å²) in [7, 11) is -4.72. The van der Waals surface area contributed by atoms with E-state index < -0.39 is 26.7 Å². The van der Waals surface area contributed by atoms with Gasteiger partial charge in [-0.2, -0.15) is 13.5 Å². The number of hydrogen-bond acceptors (Lipinski definition) is 7. The van der Waals surface area contributed by atoms with E-state index >= 15 is 0 Å². The number of nitrogens with zero attached hydrogens (tertiary/aromatic N) is 2. The Bertz CT molecular complexity index is 1730. The number of halogens is 2. The molecule has 0 heterocycles. The fourth-order valence-electron chi connectivity index (χ4n) is 3.87. The maximum absolute atomic E-state index is 13.5. The van der Waals surface area contributed by atoms with Crippen LogP contribution in [0.3, 0.4) is 0 Å². The summed E-state index contributed by atoms with van der Waals surface area (Å²) < 4.78 is 39.4. The first-order chi connectivity index (χ1) is 18.5. The molecule has 202 valence electrons. The van der Waals surface area contributed by atoms with Crippen molar-refractivity contribution >= 4 is 67.1 Å². The number of ether oxygens (including phenoxy) is 1. The number of carbonyl (C=O) groups excluding carboxylic acids is 1. The van der Waals surface area contributed by atoms with Crippen LogP contribution in [0, 0.1) is 0 Å². The van der Waals surface area contributed by atoms with Crippen LogP contribution in [-0.2, 0) is 16.5 Å². The van der Waals surface area contributed by atoms with Crippen molar-refractivity contribution in [1.82, 2.24) is 0 Å². The molecule has 4 rings (SSSR count). The van der Waals surface area contributed by atoms with Gasteiger partial charge >= 0.3 is 29.6 Å². The van der Waals surface area contributed by atoms with Gasteiger partial charge in [0.05, 0.1) is 23.0 Å². The number of benzene rings is 4. The maximum Gasteiger partial charge on any atom is 1.00 e. The van der Waals surface area contributed by atoms with Crippen molar-refractivity contribution in [2.24, 2.45) is 10.2 Å². The van der Waals surface area contributed by atoms with Gasteiger partial charge in [-0.25, -0.2) is 0 Å². The fourth-order valence-corrected chi connectivity index (χ4v) is 5.06. The minimum Gasteiger partial charge on any atom is -0.870 e. The van der Waals surface area contributed by atoms with E-state index in [2.05, 4.69) is 15.5 Å². The van der Waals surface area contributed by atoms with Crippen molar-refractivity contribution in [3.05, 3.63) is 81.8 Å². The number of hydrogen-bond donors (Lipinski definition) is 2. The van der Waals surface area contributed by atoms with Crippen LogP contribution >= 0.6 is 23.2 Å². The normalized spacial score (nSPS) is 11.4. The molecule has 0 saturated carbocycles. The van der Waals surface area contributed by atoms with E-state index in [-0.39, 0.29) is 51.5 Å². The molecule has 0 aromatic heterocycles. The Morgan fingerprint density at radius 3 is 2.40 bits per heavy atom. The smallest absolute Gasteiger partial charge is 0.870 e. The van der Waals surface area contributed by atoms with Gasteiger partial charge in [0.1, 0.15) is 16.3 Å². The van der Waals surface area contributed by atoms with E-state index in [1.54, 1.807) is 56.3 Å². The number of fused-ring (bicyclic) bond motifs is 1. The van der Waals surface area contributed by atoms with E-state index in [1.807, 2.05) is 0 Å². The molecule has 0 aliphatic heterocycles. The molecular weight excluding hydrogens is 588 g/mol. The number of anilines is 1. The molecule has 0 aliphatic rings. The maximum atomic E-state index is 13.5. The van der Waals surface area contributed by atoms with Crippen LogP contribution in [0.5, 0.6) is 11.5 Å². The molecule has 40 heavy (non-hydrogen) atoms. The first-order valence-corrected chi connectivity index (χ1v) is 13.9. The van der Waals surface area contributed by atoms with Crippen LogP contribution in [0.4, 0.5) is 17.1 Å². The molecule has 9 nitrogen and oxygen atoms in total. The molecule has 0 bridgehead atoms. The number of carbonyl (C=O) groups is 1. The van der Waals surface area contributed by atoms with Crippen molar-refractivity contribution in [2.45, 2.75) is 25.2 Å². The van der Waals surface area contributed by atoms with Crippen molar-refractivity contribution in [3.63, 3.8) is 0 Å². The summed E-state index contributed by atoms with van der Waals surface area (Å²) in [5.74, 6) is -1.15. The number of amides is 1. The van der Waals surface area contributed by atoms with Crippen molar-refractivity contribution in [1.29, 1.82) is 0 Å². The Kier molecular flexibility index (Phi) is 10.6. The van der Waals surface area contributed by atoms with E-state index in [0.717, 1.165) is 0 Å². The minimum absolute atomic E-state index is 0. The van der Waals surface area contributed by atoms with Crippen LogP contribution in [0.15, 0.2) is 75.8 Å². The number of aryl methyl sites for hydroxylation is 1. The Balaban J connectivity index is 0.00000441. The molecule has 0 atom stereocenters. The second kappa shape index (κ2) is 13.3. The zero-order valence-electron chi connectivity index (χ0n) is 21.7. The summed E-state index contributed by atoms with van der Waals surface area (Å²) in [6.45, 7) is 3.89. The molecule has 0 saturated heterocycles. The molecular formula is C27H22Cl2N3NaO6S. The van der Waals surface area contributed by atoms with Crippen LogP contribution in [0.2, 0.25) is 10.0 Å². The van der Waals surface area contributed by atoms with Crippen molar-refractivity contribution < 1.29 is 57.2 Å². The summed E-state index contributed by atoms with van der Waals surface area (Å²) >= 11 is 12.3. The van der Waals surface area contributed by atoms with Gasteiger partial charge in [0.15, 0.2) is 0 Å². The Morgan fingerprint density at radius 2 is 1.73 bits per heavy atom. The SMILES string of the molecule is CCOc1cc(Cl)ccc1NC(=O)c1cc2ccccc2c(N=Nc2c(Cl)cc(CC)cc2S(=O)(=O)O)c1[O-].[Na+]. The zero-order chi connectivity index (χ0) is 28.3. The fraction of sp³-hybridized carbons (Fsp3) is 0.148. The second-order valence-corrected chi connectivity index (χ2v) is 10.5. The number of rotatable bonds is 8. The van der Waals surface area contributed by atoms with E-state index in [4.69, 9.17) is 27.9 Å². The molecule has 13 heteroatoms. The molecule has 0 fully saturated rings. The third kappa shape index (κ3) is 6.95. The minimum atomic E-state index is -4.72. The summed E-state index contributed by atoms with van der Waals surface area (Å²) in [5.41, 5.74) is 0.0763. The average Bonchev–Trinajstić information content (AvgIpc) is 2.89. The quantitative estimate of drug-likeness (QED) is 0.175. The van der Waals surface area contributed by atoms with E-state index in [9.17, 15) is 22.9 Å². The number of azo groups is 1. The second-order valence-electron chi connectivity index (χ2n) is 8.30. The van der Waals surface area contributed by atoms with Crippen LogP contribution < -0.4 is 44.7 Å². The number of nitrogens with one attached hydrogen (secondary N) is 1. The molecule has 1 amide bonds. The first kappa shape index (κ1) is 31.8. The largest absolute Gasteiger partial charge is 1.00 e. The topological polar surface area (TPSA) is 140 Å². The van der Waals surface area contributed by atoms with Crippen LogP contribution in [0.1, 0.15) is 29.8 Å². The van der Waals surface area contributed by atoms with Gasteiger partial charge in [-0.15, -0.1) is 5.11 Å². The van der Waals surface area contributed by atoms with Gasteiger partial charge in [0.25, 0.3) is 16.0 Å². The Hall–Kier alpha value is -2.70. The Labute approximate surface area is 263 Å². The molecule has 0 radical (unpaired) electrons. The van der Waals surface area contributed by atoms with Gasteiger partial charge in [-0.05, 0) is 54.6 Å². The molecule has 0 spiro atoms. The molecule has 0 aliphatic carbocycles. The predicted molar refractivity (Wildman–Crippen MR) is 149 cm³/mol. The third-order valence-electron chi connectivity index (χ3n) is 5.74. The summed E-state index contributed by atoms with van der Waals surface area (Å²) in [6, 6.07) is 15.5. The molecule has 4 aromatic rings. The van der Waals surface area contributed by atoms with E-state index in [0.29, 0.717) is 45.8 Å². The molecule has 4 aromatic carbocycles. The summed E-state index contributed by atoms with van der Waals surface area (Å²) in [6.07, 6.45) is 0.449. The van der Waals surface area contributed by atoms with Crippen LogP contribution in [0.25, 0.3) is 10.8 Å². The van der Waals surface area contributed by atoms with E-state index in [1.165, 1.54) is 18.2 Å². The summed E-state index contributed by atoms with van der Waals surface area (Å²) in [5, 5.41) is 25.4. The van der Waals surface area contributed by atoms with Gasteiger partial charge in [-0.3, -0.25) is 9.35 Å². The van der Waals surface area contributed by atoms with Crippen molar-refractivity contribution in [2.75, 3.05) is 11.9 Å². The van der Waals surface area contributed by atoms with Crippen molar-refractivity contribution in [3.8, 4) is 11.5 Å². The first-order valence-electron chi connectivity index (χ1n) is 11.7. The van der Waals surface area contributed by atoms with Gasteiger partial charge in [0, 0.05) is 22.0 Å². The van der Waals surface area contributed by atoms with Gasteiger partial charge in [-0.1, -0.05) is 60.1 Å².